The second kappa shape index (κ2) is 13.6. The zero-order valence-corrected chi connectivity index (χ0v) is 36.6. The van der Waals surface area contributed by atoms with Crippen molar-refractivity contribution in [1.82, 2.24) is 19.1 Å². The lowest BCUT2D eigenvalue weighted by atomic mass is 9.88. The Bertz CT molecular complexity index is 4670. The van der Waals surface area contributed by atoms with Gasteiger partial charge in [-0.15, -0.1) is 11.3 Å². The molecule has 0 aliphatic rings. The Balaban J connectivity index is 1.25. The van der Waals surface area contributed by atoms with Crippen molar-refractivity contribution in [2.75, 3.05) is 0 Å². The fraction of sp³-hybridized carbons (Fsp3) is 0. The Morgan fingerprint density at radius 2 is 1.22 bits per heavy atom. The highest BCUT2D eigenvalue weighted by atomic mass is 32.1. The molecule has 8 heteroatoms. The van der Waals surface area contributed by atoms with Crippen LogP contribution in [0.5, 0.6) is 0 Å². The third-order valence-corrected chi connectivity index (χ3v) is 15.3. The molecular formula is C60H30N6OS. The number of furan rings is 1. The van der Waals surface area contributed by atoms with Crippen LogP contribution in [0.25, 0.3) is 146 Å². The number of nitrogens with zero attached hydrogens (tertiary/aromatic N) is 6. The quantitative estimate of drug-likeness (QED) is 0.130. The summed E-state index contributed by atoms with van der Waals surface area (Å²) in [5.74, 6) is 0. The third kappa shape index (κ3) is 4.73. The molecule has 0 saturated heterocycles. The summed E-state index contributed by atoms with van der Waals surface area (Å²) < 4.78 is 13.5. The van der Waals surface area contributed by atoms with E-state index >= 15 is 0 Å². The van der Waals surface area contributed by atoms with Crippen LogP contribution in [0.15, 0.2) is 187 Å². The van der Waals surface area contributed by atoms with Crippen molar-refractivity contribution >= 4 is 124 Å². The average molecular weight is 883 g/mol. The molecule has 15 rings (SSSR count). The van der Waals surface area contributed by atoms with E-state index in [1.165, 1.54) is 10.1 Å². The highest BCUT2D eigenvalue weighted by Crippen LogP contribution is 2.54. The lowest BCUT2D eigenvalue weighted by molar-refractivity contribution is 0.669. The molecule has 68 heavy (non-hydrogen) atoms. The van der Waals surface area contributed by atoms with E-state index in [4.69, 9.17) is 9.40 Å². The Morgan fingerprint density at radius 1 is 0.544 bits per heavy atom. The molecule has 7 nitrogen and oxygen atoms in total. The summed E-state index contributed by atoms with van der Waals surface area (Å²) in [6, 6.07) is 61.5. The van der Waals surface area contributed by atoms with E-state index in [1.54, 1.807) is 17.7 Å². The molecule has 0 amide bonds. The monoisotopic (exact) mass is 882 g/mol. The van der Waals surface area contributed by atoms with Crippen LogP contribution in [0.1, 0.15) is 5.56 Å². The minimum absolute atomic E-state index is 0.387. The molecule has 15 aromatic rings. The van der Waals surface area contributed by atoms with Crippen LogP contribution in [0.2, 0.25) is 0 Å². The lowest BCUT2D eigenvalue weighted by Crippen LogP contribution is -2.08. The maximum absolute atomic E-state index is 12.1. The van der Waals surface area contributed by atoms with Gasteiger partial charge in [0.15, 0.2) is 0 Å². The van der Waals surface area contributed by atoms with Crippen molar-refractivity contribution in [3.8, 4) is 39.7 Å². The summed E-state index contributed by atoms with van der Waals surface area (Å²) in [6.45, 7) is 9.32. The average Bonchev–Trinajstić information content (AvgIpc) is 4.15. The molecule has 0 aliphatic carbocycles. The van der Waals surface area contributed by atoms with Gasteiger partial charge in [-0.25, -0.2) is 14.8 Å². The minimum atomic E-state index is 0.387. The van der Waals surface area contributed by atoms with Crippen LogP contribution < -0.4 is 0 Å². The van der Waals surface area contributed by atoms with Gasteiger partial charge in [0.05, 0.1) is 55.8 Å². The van der Waals surface area contributed by atoms with Gasteiger partial charge in [0.25, 0.3) is 0 Å². The van der Waals surface area contributed by atoms with Crippen molar-refractivity contribution in [2.45, 2.75) is 0 Å². The summed E-state index contributed by atoms with van der Waals surface area (Å²) in [5, 5.41) is 23.5. The maximum atomic E-state index is 12.1. The van der Waals surface area contributed by atoms with Crippen molar-refractivity contribution in [2.24, 2.45) is 0 Å². The first-order valence-electron chi connectivity index (χ1n) is 22.4. The molecule has 0 N–H and O–H groups in total. The Labute approximate surface area is 390 Å². The summed E-state index contributed by atoms with van der Waals surface area (Å²) in [4.78, 5) is 13.9. The molecule has 0 saturated carbocycles. The topological polar surface area (TPSA) is 76.9 Å². The van der Waals surface area contributed by atoms with Crippen LogP contribution in [0.3, 0.4) is 0 Å². The van der Waals surface area contributed by atoms with Crippen molar-refractivity contribution in [1.29, 1.82) is 5.26 Å². The first-order chi connectivity index (χ1) is 33.7. The van der Waals surface area contributed by atoms with E-state index in [-0.39, 0.29) is 0 Å². The first-order valence-corrected chi connectivity index (χ1v) is 23.2. The number of benzene rings is 10. The highest BCUT2D eigenvalue weighted by Gasteiger charge is 2.33. The normalized spacial score (nSPS) is 12.1. The van der Waals surface area contributed by atoms with Gasteiger partial charge in [-0.1, -0.05) is 133 Å². The molecule has 0 unspecified atom stereocenters. The number of hydrogen-bond acceptors (Lipinski definition) is 5. The fourth-order valence-electron chi connectivity index (χ4n) is 11.4. The molecule has 0 atom stereocenters. The standard InChI is InChI=1S/C60H30N6OS/c1-62-56-51(33-14-4-2-5-15-33)43(30-61)57(52(34-16-6-3-7-17-34)59(56)65-45-22-12-20-37-44-31-63-32-64-55(44)40-21-13-23-46(65)54(40)53(37)45)66-47-28-42-35-18-8-10-24-48(35)67-49(42)29-41(47)38-26-27-39-36-19-9-11-25-50(36)68-60(39)58(38)66/h2-29,31-32H. The molecule has 10 aromatic carbocycles. The predicted octanol–water partition coefficient (Wildman–Crippen LogP) is 16.4. The Kier molecular flexibility index (Phi) is 7.39. The molecule has 0 spiro atoms. The fourth-order valence-corrected chi connectivity index (χ4v) is 12.6. The summed E-state index contributed by atoms with van der Waals surface area (Å²) in [7, 11) is 0. The van der Waals surface area contributed by atoms with E-state index in [1.807, 2.05) is 72.9 Å². The van der Waals surface area contributed by atoms with Gasteiger partial charge in [0.2, 0.25) is 5.69 Å². The second-order valence-corrected chi connectivity index (χ2v) is 18.4. The van der Waals surface area contributed by atoms with E-state index in [2.05, 4.69) is 128 Å². The zero-order chi connectivity index (χ0) is 44.8. The number of hydrogen-bond donors (Lipinski definition) is 0. The molecular weight excluding hydrogens is 853 g/mol. The van der Waals surface area contributed by atoms with E-state index in [0.29, 0.717) is 28.2 Å². The molecule has 0 fully saturated rings. The Morgan fingerprint density at radius 3 is 2.00 bits per heavy atom. The van der Waals surface area contributed by atoms with Crippen LogP contribution in [0, 0.1) is 17.9 Å². The summed E-state index contributed by atoms with van der Waals surface area (Å²) in [6.07, 6.45) is 3.52. The van der Waals surface area contributed by atoms with Crippen LogP contribution in [-0.2, 0) is 0 Å². The van der Waals surface area contributed by atoms with E-state index in [0.717, 1.165) is 114 Å². The van der Waals surface area contributed by atoms with Gasteiger partial charge in [0.1, 0.15) is 23.6 Å². The Hall–Kier alpha value is -9.34. The molecule has 0 bridgehead atoms. The molecule has 5 heterocycles. The van der Waals surface area contributed by atoms with Gasteiger partial charge in [-0.05, 0) is 52.9 Å². The van der Waals surface area contributed by atoms with Gasteiger partial charge < -0.3 is 13.6 Å². The smallest absolute Gasteiger partial charge is 0.220 e. The van der Waals surface area contributed by atoms with Crippen LogP contribution in [-0.4, -0.2) is 19.1 Å². The highest BCUT2D eigenvalue weighted by molar-refractivity contribution is 7.26. The van der Waals surface area contributed by atoms with Crippen molar-refractivity contribution < 1.29 is 4.42 Å². The molecule has 5 aromatic heterocycles. The van der Waals surface area contributed by atoms with Gasteiger partial charge in [-0.3, -0.25) is 0 Å². The number of para-hydroxylation sites is 1. The van der Waals surface area contributed by atoms with Gasteiger partial charge in [0, 0.05) is 75.9 Å². The maximum Gasteiger partial charge on any atom is 0.220 e. The van der Waals surface area contributed by atoms with E-state index < -0.39 is 0 Å². The van der Waals surface area contributed by atoms with E-state index in [9.17, 15) is 11.8 Å². The second-order valence-electron chi connectivity index (χ2n) is 17.4. The molecule has 0 radical (unpaired) electrons. The predicted molar refractivity (Wildman–Crippen MR) is 279 cm³/mol. The number of nitriles is 1. The minimum Gasteiger partial charge on any atom is -0.456 e. The summed E-state index contributed by atoms with van der Waals surface area (Å²) in [5.41, 5.74) is 11.5. The van der Waals surface area contributed by atoms with Crippen molar-refractivity contribution in [3.63, 3.8) is 0 Å². The zero-order valence-electron chi connectivity index (χ0n) is 35.8. The van der Waals surface area contributed by atoms with Gasteiger partial charge in [-0.2, -0.15) is 5.26 Å². The number of aromatic nitrogens is 4. The van der Waals surface area contributed by atoms with Crippen molar-refractivity contribution in [3.05, 3.63) is 199 Å². The summed E-state index contributed by atoms with van der Waals surface area (Å²) >= 11 is 1.77. The molecule has 312 valence electrons. The molecule has 0 aliphatic heterocycles. The first kappa shape index (κ1) is 36.9. The lowest BCUT2D eigenvalue weighted by Gasteiger charge is -2.26. The number of fused-ring (bicyclic) bond motifs is 13. The van der Waals surface area contributed by atoms with Crippen LogP contribution >= 0.6 is 11.3 Å². The number of rotatable bonds is 4. The van der Waals surface area contributed by atoms with Crippen LogP contribution in [0.4, 0.5) is 5.69 Å². The number of thiophene rings is 1. The van der Waals surface area contributed by atoms with Gasteiger partial charge >= 0.3 is 0 Å². The largest absolute Gasteiger partial charge is 0.456 e. The third-order valence-electron chi connectivity index (χ3n) is 14.1. The SMILES string of the molecule is [C-]#[N+]c1c(-c2ccccc2)c(C#N)c(-n2c3cc4c(cc3c3ccc5c6ccccc6sc5c32)oc2ccccc24)c(-c2ccccc2)c1-n1c2cccc3c4cncnc4c4cccc1c4c32.